The number of rotatable bonds is 16. The van der Waals surface area contributed by atoms with E-state index in [9.17, 15) is 4.79 Å². The number of likely N-dealkylation sites (tertiary alicyclic amines) is 1. The van der Waals surface area contributed by atoms with Crippen LogP contribution in [0.15, 0.2) is 97.1 Å². The van der Waals surface area contributed by atoms with E-state index in [-0.39, 0.29) is 16.9 Å². The Labute approximate surface area is 305 Å². The maximum absolute atomic E-state index is 12.9. The number of piperidine rings is 1. The molecule has 0 radical (unpaired) electrons. The van der Waals surface area contributed by atoms with Gasteiger partial charge in [-0.15, -0.1) is 0 Å². The molecule has 2 aliphatic rings. The molecule has 4 aromatic rings. The van der Waals surface area contributed by atoms with Crippen LogP contribution in [0, 0.1) is 0 Å². The van der Waals surface area contributed by atoms with E-state index in [0.29, 0.717) is 13.0 Å². The number of carbonyl (C=O) groups excluding carboxylic acids is 1. The summed E-state index contributed by atoms with van der Waals surface area (Å²) in [5.74, 6) is 2.61. The first-order valence-corrected chi connectivity index (χ1v) is 19.0. The van der Waals surface area contributed by atoms with Crippen LogP contribution in [0.5, 0.6) is 17.2 Å². The molecule has 1 aliphatic heterocycles. The largest absolute Gasteiger partial charge is 0.497 e. The molecule has 1 unspecified atom stereocenters. The zero-order valence-corrected chi connectivity index (χ0v) is 30.9. The second-order valence-electron chi connectivity index (χ2n) is 14.5. The Morgan fingerprint density at radius 3 is 2.06 bits per heavy atom. The minimum atomic E-state index is -0.137. The first kappa shape index (κ1) is 36.5. The summed E-state index contributed by atoms with van der Waals surface area (Å²) in [7, 11) is 5.13. The first-order chi connectivity index (χ1) is 25.0. The van der Waals surface area contributed by atoms with Crippen molar-refractivity contribution in [1.82, 2.24) is 10.2 Å². The smallest absolute Gasteiger partial charge is 0.220 e. The lowest BCUT2D eigenvalue weighted by atomic mass is 9.68. The van der Waals surface area contributed by atoms with E-state index in [1.807, 2.05) is 24.3 Å². The first-order valence-electron chi connectivity index (χ1n) is 19.0. The Morgan fingerprint density at radius 1 is 0.765 bits per heavy atom. The molecule has 1 saturated heterocycles. The molecule has 0 bridgehead atoms. The Morgan fingerprint density at radius 2 is 1.41 bits per heavy atom. The van der Waals surface area contributed by atoms with Crippen molar-refractivity contribution in [3.05, 3.63) is 125 Å². The normalized spacial score (nSPS) is 17.5. The molecular formula is C45H56N2O4. The molecule has 1 N–H and O–H groups in total. The molecule has 4 aromatic carbocycles. The molecule has 6 nitrogen and oxygen atoms in total. The van der Waals surface area contributed by atoms with Crippen molar-refractivity contribution in [2.45, 2.75) is 88.0 Å². The minimum Gasteiger partial charge on any atom is -0.497 e. The molecule has 6 heteroatoms. The number of benzene rings is 4. The fourth-order valence-electron chi connectivity index (χ4n) is 8.87. The van der Waals surface area contributed by atoms with Gasteiger partial charge in [0.15, 0.2) is 11.5 Å². The number of amides is 1. The quantitative estimate of drug-likeness (QED) is 0.119. The number of fused-ring (bicyclic) bond motifs is 1. The van der Waals surface area contributed by atoms with Gasteiger partial charge < -0.3 is 19.5 Å². The van der Waals surface area contributed by atoms with Crippen LogP contribution < -0.4 is 19.5 Å². The summed E-state index contributed by atoms with van der Waals surface area (Å²) in [6.07, 6.45) is 12.4. The summed E-state index contributed by atoms with van der Waals surface area (Å²) >= 11 is 0. The standard InChI is InChI=1S/C45H56N2O4/c1-49-40-21-18-35(19-22-40)20-23-43(48)46-29-12-26-45(38-14-6-4-7-15-38,39-16-8-5-9-17-39)27-13-31-47-30-11-10-25-44(47)28-24-36-32-41(50-2)42(51-3)33-37(36)34-44/h4-9,14-19,21-22,32-33H,10-13,20,23-31,34H2,1-3H3,(H,46,48). The number of hydrogen-bond acceptors (Lipinski definition) is 5. The molecule has 6 rings (SSSR count). The van der Waals surface area contributed by atoms with Gasteiger partial charge in [0, 0.05) is 23.9 Å². The van der Waals surface area contributed by atoms with Crippen LogP contribution in [0.1, 0.15) is 85.6 Å². The van der Waals surface area contributed by atoms with Crippen molar-refractivity contribution in [2.75, 3.05) is 41.0 Å². The molecule has 0 aromatic heterocycles. The number of methoxy groups -OCH3 is 3. The molecule has 1 spiro atoms. The van der Waals surface area contributed by atoms with Crippen LogP contribution in [0.2, 0.25) is 0 Å². The lowest BCUT2D eigenvalue weighted by molar-refractivity contribution is -0.121. The second-order valence-corrected chi connectivity index (χ2v) is 14.5. The van der Waals surface area contributed by atoms with Crippen molar-refractivity contribution in [1.29, 1.82) is 0 Å². The molecule has 1 aliphatic carbocycles. The highest BCUT2D eigenvalue weighted by Crippen LogP contribution is 2.45. The Balaban J connectivity index is 1.14. The average Bonchev–Trinajstić information content (AvgIpc) is 3.19. The highest BCUT2D eigenvalue weighted by molar-refractivity contribution is 5.76. The van der Waals surface area contributed by atoms with E-state index in [1.165, 1.54) is 47.9 Å². The number of hydrogen-bond donors (Lipinski definition) is 1. The zero-order valence-electron chi connectivity index (χ0n) is 30.9. The minimum absolute atomic E-state index is 0.108. The van der Waals surface area contributed by atoms with Gasteiger partial charge in [-0.2, -0.15) is 0 Å². The topological polar surface area (TPSA) is 60.0 Å². The van der Waals surface area contributed by atoms with Gasteiger partial charge in [0.1, 0.15) is 5.75 Å². The van der Waals surface area contributed by atoms with Crippen molar-refractivity contribution < 1.29 is 19.0 Å². The van der Waals surface area contributed by atoms with E-state index in [2.05, 4.69) is 83.0 Å². The Kier molecular flexibility index (Phi) is 12.4. The Bertz CT molecular complexity index is 1650. The maximum Gasteiger partial charge on any atom is 0.220 e. The summed E-state index contributed by atoms with van der Waals surface area (Å²) in [6.45, 7) is 2.92. The Hall–Kier alpha value is -4.29. The zero-order chi connectivity index (χ0) is 35.5. The SMILES string of the molecule is COc1ccc(CCC(=O)NCCCC(CCCN2CCCCC23CCc2cc(OC)c(OC)cc2C3)(c2ccccc2)c2ccccc2)cc1. The molecule has 1 amide bonds. The molecule has 1 heterocycles. The highest BCUT2D eigenvalue weighted by Gasteiger charge is 2.42. The summed E-state index contributed by atoms with van der Waals surface area (Å²) in [4.78, 5) is 15.7. The van der Waals surface area contributed by atoms with Crippen LogP contribution >= 0.6 is 0 Å². The summed E-state index contributed by atoms with van der Waals surface area (Å²) in [6, 6.07) is 34.6. The fourth-order valence-corrected chi connectivity index (χ4v) is 8.87. The lowest BCUT2D eigenvalue weighted by Crippen LogP contribution is -2.55. The molecular weight excluding hydrogens is 633 g/mol. The van der Waals surface area contributed by atoms with E-state index < -0.39 is 0 Å². The fraction of sp³-hybridized carbons (Fsp3) is 0.444. The van der Waals surface area contributed by atoms with Crippen molar-refractivity contribution >= 4 is 5.91 Å². The van der Waals surface area contributed by atoms with Gasteiger partial charge in [-0.05, 0) is 129 Å². The third-order valence-corrected chi connectivity index (χ3v) is 11.7. The number of aryl methyl sites for hydroxylation is 2. The van der Waals surface area contributed by atoms with Crippen LogP contribution in [-0.4, -0.2) is 57.3 Å². The predicted molar refractivity (Wildman–Crippen MR) is 206 cm³/mol. The lowest BCUT2D eigenvalue weighted by Gasteiger charge is -2.50. The molecule has 1 fully saturated rings. The monoisotopic (exact) mass is 688 g/mol. The number of ether oxygens (including phenoxy) is 3. The molecule has 51 heavy (non-hydrogen) atoms. The van der Waals surface area contributed by atoms with Gasteiger partial charge in [-0.25, -0.2) is 0 Å². The van der Waals surface area contributed by atoms with E-state index in [4.69, 9.17) is 14.2 Å². The van der Waals surface area contributed by atoms with E-state index >= 15 is 0 Å². The van der Waals surface area contributed by atoms with Gasteiger partial charge in [-0.1, -0.05) is 79.2 Å². The number of carbonyl (C=O) groups is 1. The van der Waals surface area contributed by atoms with Gasteiger partial charge >= 0.3 is 0 Å². The van der Waals surface area contributed by atoms with Crippen LogP contribution in [-0.2, 0) is 29.5 Å². The van der Waals surface area contributed by atoms with Crippen LogP contribution in [0.3, 0.4) is 0 Å². The van der Waals surface area contributed by atoms with E-state index in [1.54, 1.807) is 21.3 Å². The summed E-state index contributed by atoms with van der Waals surface area (Å²) in [5.41, 5.74) is 6.76. The van der Waals surface area contributed by atoms with Crippen molar-refractivity contribution in [3.8, 4) is 17.2 Å². The van der Waals surface area contributed by atoms with Crippen molar-refractivity contribution in [3.63, 3.8) is 0 Å². The third-order valence-electron chi connectivity index (χ3n) is 11.7. The number of nitrogens with zero attached hydrogens (tertiary/aromatic N) is 1. The second kappa shape index (κ2) is 17.3. The summed E-state index contributed by atoms with van der Waals surface area (Å²) < 4.78 is 16.6. The van der Waals surface area contributed by atoms with Gasteiger partial charge in [0.05, 0.1) is 21.3 Å². The van der Waals surface area contributed by atoms with Crippen LogP contribution in [0.4, 0.5) is 0 Å². The average molecular weight is 689 g/mol. The van der Waals surface area contributed by atoms with Gasteiger partial charge in [0.25, 0.3) is 0 Å². The van der Waals surface area contributed by atoms with Gasteiger partial charge in [-0.3, -0.25) is 9.69 Å². The highest BCUT2D eigenvalue weighted by atomic mass is 16.5. The molecule has 270 valence electrons. The third kappa shape index (κ3) is 8.61. The molecule has 1 atom stereocenters. The molecule has 0 saturated carbocycles. The number of nitrogens with one attached hydrogen (secondary N) is 1. The van der Waals surface area contributed by atoms with Gasteiger partial charge in [0.2, 0.25) is 5.91 Å². The van der Waals surface area contributed by atoms with E-state index in [0.717, 1.165) is 80.8 Å². The van der Waals surface area contributed by atoms with Crippen LogP contribution in [0.25, 0.3) is 0 Å². The summed E-state index contributed by atoms with van der Waals surface area (Å²) in [5, 5.41) is 3.23. The van der Waals surface area contributed by atoms with Crippen molar-refractivity contribution in [2.24, 2.45) is 0 Å². The predicted octanol–water partition coefficient (Wildman–Crippen LogP) is 8.72. The maximum atomic E-state index is 12.9.